The Balaban J connectivity index is 2.01. The molecule has 0 heterocycles. The monoisotopic (exact) mass is 383 g/mol. The zero-order valence-corrected chi connectivity index (χ0v) is 16.2. The van der Waals surface area contributed by atoms with Gasteiger partial charge in [-0.25, -0.2) is 0 Å². The second kappa shape index (κ2) is 7.16. The van der Waals surface area contributed by atoms with Gasteiger partial charge < -0.3 is 25.1 Å². The Bertz CT molecular complexity index is 863. The molecule has 1 saturated carbocycles. The van der Waals surface area contributed by atoms with Crippen LogP contribution in [0.5, 0.6) is 11.5 Å². The van der Waals surface area contributed by atoms with Crippen molar-refractivity contribution in [2.75, 3.05) is 38.0 Å². The fraction of sp³-hybridized carbons (Fsp3) is 0.333. The third kappa shape index (κ3) is 3.18. The number of phenolic OH excluding ortho intramolecular Hbond substituents is 2. The Hall–Kier alpha value is -3.06. The second-order valence-electron chi connectivity index (χ2n) is 7.42. The second-order valence-corrected chi connectivity index (χ2v) is 7.42. The maximum absolute atomic E-state index is 13.1. The molecule has 0 radical (unpaired) electrons. The minimum atomic E-state index is -1.63. The summed E-state index contributed by atoms with van der Waals surface area (Å²) in [4.78, 5) is 28.7. The highest BCUT2D eigenvalue weighted by atomic mass is 16.3. The summed E-state index contributed by atoms with van der Waals surface area (Å²) in [6, 6.07) is 9.27. The van der Waals surface area contributed by atoms with Crippen molar-refractivity contribution in [1.82, 2.24) is 0 Å². The number of carbonyl (C=O) groups excluding carboxylic acids is 2. The van der Waals surface area contributed by atoms with Gasteiger partial charge in [-0.3, -0.25) is 9.59 Å². The summed E-state index contributed by atoms with van der Waals surface area (Å²) in [6.45, 7) is 0. The van der Waals surface area contributed by atoms with E-state index < -0.39 is 29.5 Å². The lowest BCUT2D eigenvalue weighted by Crippen LogP contribution is -2.34. The number of hydrogen-bond acceptors (Lipinski definition) is 7. The van der Waals surface area contributed by atoms with Gasteiger partial charge in [0.25, 0.3) is 0 Å². The van der Waals surface area contributed by atoms with Crippen LogP contribution in [0.3, 0.4) is 0 Å². The van der Waals surface area contributed by atoms with Crippen LogP contribution in [0.15, 0.2) is 36.4 Å². The Morgan fingerprint density at radius 2 is 1.11 bits per heavy atom. The average Bonchev–Trinajstić information content (AvgIpc) is 2.84. The quantitative estimate of drug-likeness (QED) is 0.759. The first-order chi connectivity index (χ1) is 13.1. The first-order valence-corrected chi connectivity index (χ1v) is 8.87. The molecule has 7 heteroatoms. The summed E-state index contributed by atoms with van der Waals surface area (Å²) < 4.78 is 0. The lowest BCUT2D eigenvalue weighted by Gasteiger charge is -2.29. The van der Waals surface area contributed by atoms with Gasteiger partial charge in [0.15, 0.2) is 0 Å². The van der Waals surface area contributed by atoms with Crippen LogP contribution in [0, 0.1) is 0 Å². The Morgan fingerprint density at radius 1 is 0.750 bits per heavy atom. The van der Waals surface area contributed by atoms with E-state index in [1.54, 1.807) is 50.1 Å². The maximum Gasteiger partial charge on any atom is 0.205 e. The highest BCUT2D eigenvalue weighted by molar-refractivity contribution is 6.44. The Morgan fingerprint density at radius 3 is 1.39 bits per heavy atom. The summed E-state index contributed by atoms with van der Waals surface area (Å²) in [5.74, 6) is -4.66. The van der Waals surface area contributed by atoms with E-state index >= 15 is 0 Å². The van der Waals surface area contributed by atoms with E-state index in [1.165, 1.54) is 24.3 Å². The molecule has 2 atom stereocenters. The molecule has 0 amide bonds. The van der Waals surface area contributed by atoms with Gasteiger partial charge >= 0.3 is 0 Å². The molecule has 0 spiro atoms. The molecule has 0 saturated heterocycles. The molecule has 1 aliphatic rings. The molecule has 1 fully saturated rings. The number of rotatable bonds is 4. The number of Topliss-reactive ketones (excluding diaryl/α,β-unsaturated/α-hetero) is 2. The van der Waals surface area contributed by atoms with E-state index in [9.17, 15) is 24.9 Å². The highest BCUT2D eigenvalue weighted by Gasteiger charge is 2.46. The van der Waals surface area contributed by atoms with Gasteiger partial charge in [0.2, 0.25) is 11.6 Å². The van der Waals surface area contributed by atoms with Gasteiger partial charge in [-0.15, -0.1) is 0 Å². The molecular weight excluding hydrogens is 360 g/mol. The van der Waals surface area contributed by atoms with Crippen LogP contribution in [-0.2, 0) is 9.59 Å². The van der Waals surface area contributed by atoms with E-state index in [0.717, 1.165) is 0 Å². The predicted molar refractivity (Wildman–Crippen MR) is 104 cm³/mol. The molecule has 7 nitrogen and oxygen atoms in total. The van der Waals surface area contributed by atoms with Crippen molar-refractivity contribution in [1.29, 1.82) is 0 Å². The van der Waals surface area contributed by atoms with Gasteiger partial charge in [0.05, 0.1) is 0 Å². The van der Waals surface area contributed by atoms with E-state index in [4.69, 9.17) is 0 Å². The molecule has 3 rings (SSSR count). The molecule has 2 aromatic carbocycles. The van der Waals surface area contributed by atoms with E-state index in [0.29, 0.717) is 11.4 Å². The first-order valence-electron chi connectivity index (χ1n) is 8.87. The van der Waals surface area contributed by atoms with Crippen LogP contribution in [0.1, 0.15) is 23.0 Å². The minimum Gasteiger partial charge on any atom is -0.850 e. The predicted octanol–water partition coefficient (Wildman–Crippen LogP) is 0.978. The van der Waals surface area contributed by atoms with Crippen LogP contribution in [0.2, 0.25) is 0 Å². The van der Waals surface area contributed by atoms with E-state index in [-0.39, 0.29) is 22.6 Å². The number of hydrogen-bond donors (Lipinski definition) is 2. The minimum absolute atomic E-state index is 0.135. The highest BCUT2D eigenvalue weighted by Crippen LogP contribution is 2.44. The average molecular weight is 383 g/mol. The van der Waals surface area contributed by atoms with Crippen LogP contribution in [-0.4, -0.2) is 56.1 Å². The number of ketones is 2. The number of benzene rings is 2. The summed E-state index contributed by atoms with van der Waals surface area (Å²) in [6.07, 6.45) is -1.63. The molecule has 28 heavy (non-hydrogen) atoms. The molecule has 0 aliphatic heterocycles. The standard InChI is InChI=1S/C21H23N2O5/c1-22(2)11-5-7-13(15(24)9-11)17-19(26)18(21(28)20(17)27)14-8-6-12(23(3)4)10-16(14)25/h5-10,17-19,24-25H,1-4H3/q-1. The topological polar surface area (TPSA) is 104 Å². The molecule has 2 N–H and O–H groups in total. The molecule has 1 aliphatic carbocycles. The molecular formula is C21H23N2O5-. The summed E-state index contributed by atoms with van der Waals surface area (Å²) in [5, 5.41) is 33.8. The van der Waals surface area contributed by atoms with Crippen molar-refractivity contribution >= 4 is 22.9 Å². The van der Waals surface area contributed by atoms with Gasteiger partial charge in [-0.2, -0.15) is 0 Å². The zero-order chi connectivity index (χ0) is 20.7. The normalized spacial score (nSPS) is 21.8. The number of anilines is 2. The number of aromatic hydroxyl groups is 2. The maximum atomic E-state index is 13.1. The number of phenols is 2. The van der Waals surface area contributed by atoms with Crippen LogP contribution < -0.4 is 14.9 Å². The van der Waals surface area contributed by atoms with E-state index in [2.05, 4.69) is 0 Å². The molecule has 2 unspecified atom stereocenters. The van der Waals surface area contributed by atoms with Crippen molar-refractivity contribution in [3.63, 3.8) is 0 Å². The van der Waals surface area contributed by atoms with Crippen molar-refractivity contribution in [2.24, 2.45) is 0 Å². The van der Waals surface area contributed by atoms with Crippen molar-refractivity contribution in [3.05, 3.63) is 47.5 Å². The van der Waals surface area contributed by atoms with E-state index in [1.807, 2.05) is 0 Å². The molecule has 0 aromatic heterocycles. The van der Waals surface area contributed by atoms with Crippen LogP contribution in [0.25, 0.3) is 0 Å². The summed E-state index contributed by atoms with van der Waals surface area (Å²) >= 11 is 0. The third-order valence-corrected chi connectivity index (χ3v) is 5.20. The zero-order valence-electron chi connectivity index (χ0n) is 16.2. The van der Waals surface area contributed by atoms with Crippen LogP contribution in [0.4, 0.5) is 11.4 Å². The Kier molecular flexibility index (Phi) is 5.04. The van der Waals surface area contributed by atoms with Gasteiger partial charge in [-0.05, 0) is 12.1 Å². The first kappa shape index (κ1) is 19.7. The smallest absolute Gasteiger partial charge is 0.205 e. The Labute approximate surface area is 163 Å². The van der Waals surface area contributed by atoms with Crippen molar-refractivity contribution in [2.45, 2.75) is 17.9 Å². The van der Waals surface area contributed by atoms with Crippen LogP contribution >= 0.6 is 0 Å². The molecule has 0 bridgehead atoms. The summed E-state index contributed by atoms with van der Waals surface area (Å²) in [5.41, 5.74) is 1.68. The largest absolute Gasteiger partial charge is 0.850 e. The summed E-state index contributed by atoms with van der Waals surface area (Å²) in [7, 11) is 7.19. The lowest BCUT2D eigenvalue weighted by molar-refractivity contribution is -0.422. The molecule has 148 valence electrons. The fourth-order valence-electron chi connectivity index (χ4n) is 3.58. The SMILES string of the molecule is CN(C)c1ccc(C2C(=O)C(=O)C(c3ccc(N(C)C)cc3O)C2[O-])c(O)c1. The van der Waals surface area contributed by atoms with Gasteiger partial charge in [0.1, 0.15) is 11.5 Å². The van der Waals surface area contributed by atoms with Crippen molar-refractivity contribution in [3.8, 4) is 11.5 Å². The third-order valence-electron chi connectivity index (χ3n) is 5.20. The van der Waals surface area contributed by atoms with Crippen molar-refractivity contribution < 1.29 is 24.9 Å². The van der Waals surface area contributed by atoms with Gasteiger partial charge in [-0.1, -0.05) is 18.2 Å². The lowest BCUT2D eigenvalue weighted by atomic mass is 9.88. The number of nitrogens with zero attached hydrogens (tertiary/aromatic N) is 2. The fourth-order valence-corrected chi connectivity index (χ4v) is 3.58. The van der Waals surface area contributed by atoms with Gasteiger partial charge in [0, 0.05) is 74.7 Å². The number of carbonyl (C=O) groups is 2. The molecule has 2 aromatic rings.